The number of aromatic nitrogens is 2. The van der Waals surface area contributed by atoms with Gasteiger partial charge in [-0.15, -0.1) is 0 Å². The predicted molar refractivity (Wildman–Crippen MR) is 64.3 cm³/mol. The Hall–Kier alpha value is -1.88. The molecule has 0 radical (unpaired) electrons. The molecular weight excluding hydrogens is 236 g/mol. The molecule has 0 unspecified atom stereocenters. The van der Waals surface area contributed by atoms with Crippen LogP contribution < -0.4 is 0 Å². The SMILES string of the molecule is Cc1ccc(Sc2nccc(C(=O)O)n2)cc1. The summed E-state index contributed by atoms with van der Waals surface area (Å²) in [6, 6.07) is 9.27. The van der Waals surface area contributed by atoms with Crippen LogP contribution in [0, 0.1) is 6.92 Å². The lowest BCUT2D eigenvalue weighted by molar-refractivity contribution is 0.0689. The molecule has 4 nitrogen and oxygen atoms in total. The molecule has 1 aromatic heterocycles. The maximum atomic E-state index is 10.8. The van der Waals surface area contributed by atoms with Gasteiger partial charge in [-0.05, 0) is 36.9 Å². The molecule has 1 N–H and O–H groups in total. The molecule has 0 amide bonds. The normalized spacial score (nSPS) is 10.2. The summed E-state index contributed by atoms with van der Waals surface area (Å²) in [5, 5.41) is 9.25. The molecule has 0 fully saturated rings. The lowest BCUT2D eigenvalue weighted by Gasteiger charge is -2.01. The fraction of sp³-hybridized carbons (Fsp3) is 0.0833. The Labute approximate surface area is 103 Å². The predicted octanol–water partition coefficient (Wildman–Crippen LogP) is 2.63. The fourth-order valence-corrected chi connectivity index (χ4v) is 1.96. The first-order chi connectivity index (χ1) is 8.15. The zero-order valence-electron chi connectivity index (χ0n) is 9.12. The third-order valence-electron chi connectivity index (χ3n) is 2.08. The Morgan fingerprint density at radius 2 is 1.94 bits per heavy atom. The largest absolute Gasteiger partial charge is 0.477 e. The fourth-order valence-electron chi connectivity index (χ4n) is 1.22. The van der Waals surface area contributed by atoms with Gasteiger partial charge < -0.3 is 5.11 Å². The van der Waals surface area contributed by atoms with Crippen molar-refractivity contribution >= 4 is 17.7 Å². The van der Waals surface area contributed by atoms with Crippen LogP contribution in [0.1, 0.15) is 16.1 Å². The molecule has 0 bridgehead atoms. The molecule has 86 valence electrons. The van der Waals surface area contributed by atoms with E-state index in [-0.39, 0.29) is 5.69 Å². The molecule has 2 rings (SSSR count). The van der Waals surface area contributed by atoms with Gasteiger partial charge in [0.2, 0.25) is 0 Å². The number of carbonyl (C=O) groups is 1. The summed E-state index contributed by atoms with van der Waals surface area (Å²) in [5.74, 6) is -1.04. The number of benzene rings is 1. The zero-order valence-corrected chi connectivity index (χ0v) is 9.94. The highest BCUT2D eigenvalue weighted by atomic mass is 32.2. The van der Waals surface area contributed by atoms with Crippen molar-refractivity contribution < 1.29 is 9.90 Å². The van der Waals surface area contributed by atoms with Crippen LogP contribution in [-0.4, -0.2) is 21.0 Å². The second-order valence-electron chi connectivity index (χ2n) is 3.44. The Morgan fingerprint density at radius 1 is 1.24 bits per heavy atom. The number of hydrogen-bond donors (Lipinski definition) is 1. The highest BCUT2D eigenvalue weighted by molar-refractivity contribution is 7.99. The van der Waals surface area contributed by atoms with Gasteiger partial charge in [-0.3, -0.25) is 0 Å². The smallest absolute Gasteiger partial charge is 0.354 e. The number of rotatable bonds is 3. The molecule has 2 aromatic rings. The minimum Gasteiger partial charge on any atom is -0.477 e. The van der Waals surface area contributed by atoms with Gasteiger partial charge >= 0.3 is 5.97 Å². The summed E-state index contributed by atoms with van der Waals surface area (Å²) >= 11 is 1.34. The first-order valence-corrected chi connectivity index (χ1v) is 5.77. The van der Waals surface area contributed by atoms with E-state index in [0.29, 0.717) is 5.16 Å². The van der Waals surface area contributed by atoms with E-state index in [1.165, 1.54) is 29.6 Å². The molecule has 17 heavy (non-hydrogen) atoms. The van der Waals surface area contributed by atoms with Crippen molar-refractivity contribution in [2.45, 2.75) is 17.0 Å². The van der Waals surface area contributed by atoms with E-state index >= 15 is 0 Å². The maximum Gasteiger partial charge on any atom is 0.354 e. The number of carboxylic acids is 1. The third kappa shape index (κ3) is 3.04. The van der Waals surface area contributed by atoms with Crippen molar-refractivity contribution in [3.8, 4) is 0 Å². The van der Waals surface area contributed by atoms with Crippen LogP contribution in [0.25, 0.3) is 0 Å². The summed E-state index contributed by atoms with van der Waals surface area (Å²) in [7, 11) is 0. The Kier molecular flexibility index (Phi) is 3.39. The molecule has 0 aliphatic rings. The van der Waals surface area contributed by atoms with E-state index in [9.17, 15) is 4.79 Å². The number of aromatic carboxylic acids is 1. The molecule has 1 aromatic carbocycles. The van der Waals surface area contributed by atoms with E-state index < -0.39 is 5.97 Å². The average molecular weight is 246 g/mol. The monoisotopic (exact) mass is 246 g/mol. The topological polar surface area (TPSA) is 63.1 Å². The van der Waals surface area contributed by atoms with Gasteiger partial charge in [-0.1, -0.05) is 17.7 Å². The molecule has 0 atom stereocenters. The molecule has 0 saturated heterocycles. The first kappa shape index (κ1) is 11.6. The number of carboxylic acid groups (broad SMARTS) is 1. The Balaban J connectivity index is 2.21. The van der Waals surface area contributed by atoms with E-state index in [4.69, 9.17) is 5.11 Å². The van der Waals surface area contributed by atoms with Gasteiger partial charge in [0.25, 0.3) is 0 Å². The van der Waals surface area contributed by atoms with Gasteiger partial charge in [0, 0.05) is 11.1 Å². The summed E-state index contributed by atoms with van der Waals surface area (Å²) in [6.07, 6.45) is 1.45. The highest BCUT2D eigenvalue weighted by Gasteiger charge is 2.07. The van der Waals surface area contributed by atoms with Crippen LogP contribution in [-0.2, 0) is 0 Å². The van der Waals surface area contributed by atoms with Crippen molar-refractivity contribution in [2.75, 3.05) is 0 Å². The van der Waals surface area contributed by atoms with Gasteiger partial charge in [0.05, 0.1) is 0 Å². The number of nitrogens with zero attached hydrogens (tertiary/aromatic N) is 2. The second-order valence-corrected chi connectivity index (χ2v) is 4.49. The summed E-state index contributed by atoms with van der Waals surface area (Å²) in [4.78, 5) is 19.7. The van der Waals surface area contributed by atoms with Crippen molar-refractivity contribution in [3.05, 3.63) is 47.8 Å². The lowest BCUT2D eigenvalue weighted by Crippen LogP contribution is -2.01. The van der Waals surface area contributed by atoms with Crippen molar-refractivity contribution in [1.82, 2.24) is 9.97 Å². The highest BCUT2D eigenvalue weighted by Crippen LogP contribution is 2.24. The molecule has 0 spiro atoms. The van der Waals surface area contributed by atoms with Crippen molar-refractivity contribution in [2.24, 2.45) is 0 Å². The number of aryl methyl sites for hydroxylation is 1. The van der Waals surface area contributed by atoms with Crippen LogP contribution in [0.15, 0.2) is 46.6 Å². The van der Waals surface area contributed by atoms with Crippen LogP contribution in [0.3, 0.4) is 0 Å². The minimum atomic E-state index is -1.04. The van der Waals surface area contributed by atoms with Crippen LogP contribution in [0.2, 0.25) is 0 Å². The van der Waals surface area contributed by atoms with Gasteiger partial charge in [0.15, 0.2) is 10.9 Å². The molecule has 1 heterocycles. The molecule has 0 saturated carbocycles. The van der Waals surface area contributed by atoms with Crippen LogP contribution in [0.5, 0.6) is 0 Å². The minimum absolute atomic E-state index is 0.00890. The quantitative estimate of drug-likeness (QED) is 0.843. The Morgan fingerprint density at radius 3 is 2.59 bits per heavy atom. The Bertz CT molecular complexity index is 540. The van der Waals surface area contributed by atoms with Crippen LogP contribution >= 0.6 is 11.8 Å². The molecule has 5 heteroatoms. The van der Waals surface area contributed by atoms with Gasteiger partial charge in [-0.2, -0.15) is 0 Å². The molecular formula is C12H10N2O2S. The summed E-state index contributed by atoms with van der Waals surface area (Å²) < 4.78 is 0. The van der Waals surface area contributed by atoms with E-state index in [0.717, 1.165) is 4.90 Å². The van der Waals surface area contributed by atoms with Crippen molar-refractivity contribution in [3.63, 3.8) is 0 Å². The average Bonchev–Trinajstić information content (AvgIpc) is 2.32. The number of hydrogen-bond acceptors (Lipinski definition) is 4. The van der Waals surface area contributed by atoms with Crippen molar-refractivity contribution in [1.29, 1.82) is 0 Å². The van der Waals surface area contributed by atoms with E-state index in [1.54, 1.807) is 0 Å². The van der Waals surface area contributed by atoms with E-state index in [1.807, 2.05) is 31.2 Å². The standard InChI is InChI=1S/C12H10N2O2S/c1-8-2-4-9(5-3-8)17-12-13-7-6-10(14-12)11(15)16/h2-7H,1H3,(H,15,16). The zero-order chi connectivity index (χ0) is 12.3. The van der Waals surface area contributed by atoms with Crippen LogP contribution in [0.4, 0.5) is 0 Å². The third-order valence-corrected chi connectivity index (χ3v) is 2.97. The summed E-state index contributed by atoms with van der Waals surface area (Å²) in [5.41, 5.74) is 1.18. The summed E-state index contributed by atoms with van der Waals surface area (Å²) in [6.45, 7) is 2.01. The molecule has 0 aliphatic carbocycles. The first-order valence-electron chi connectivity index (χ1n) is 4.96. The lowest BCUT2D eigenvalue weighted by atomic mass is 10.2. The van der Waals surface area contributed by atoms with Gasteiger partial charge in [-0.25, -0.2) is 14.8 Å². The second kappa shape index (κ2) is 4.97. The van der Waals surface area contributed by atoms with E-state index in [2.05, 4.69) is 9.97 Å². The van der Waals surface area contributed by atoms with Gasteiger partial charge in [0.1, 0.15) is 0 Å². The molecule has 0 aliphatic heterocycles. The maximum absolute atomic E-state index is 10.8.